The lowest BCUT2D eigenvalue weighted by Gasteiger charge is -2.03. The van der Waals surface area contributed by atoms with E-state index >= 15 is 0 Å². The molecule has 2 aromatic rings. The molecule has 0 amide bonds. The average molecular weight is 254 g/mol. The monoisotopic (exact) mass is 254 g/mol. The minimum Gasteiger partial charge on any atom is -0.478 e. The molecule has 94 valence electrons. The third kappa shape index (κ3) is 1.78. The Morgan fingerprint density at radius 1 is 0.789 bits per heavy atom. The highest BCUT2D eigenvalue weighted by Gasteiger charge is 2.21. The van der Waals surface area contributed by atoms with Crippen LogP contribution in [0.3, 0.4) is 0 Å². The molecule has 0 radical (unpaired) electrons. The second kappa shape index (κ2) is 3.95. The second-order valence-electron chi connectivity index (χ2n) is 4.53. The molecule has 0 aromatic heterocycles. The molecule has 0 aliphatic heterocycles. The zero-order valence-electron chi connectivity index (χ0n) is 9.88. The molecule has 0 atom stereocenters. The van der Waals surface area contributed by atoms with Gasteiger partial charge in [0.05, 0.1) is 11.1 Å². The Kier molecular flexibility index (Phi) is 2.38. The van der Waals surface area contributed by atoms with Gasteiger partial charge in [0.25, 0.3) is 0 Å². The Morgan fingerprint density at radius 2 is 1.42 bits per heavy atom. The first-order valence-corrected chi connectivity index (χ1v) is 5.79. The first kappa shape index (κ1) is 11.5. The van der Waals surface area contributed by atoms with Crippen molar-refractivity contribution in [2.24, 2.45) is 0 Å². The molecular weight excluding hydrogens is 244 g/mol. The Bertz CT molecular complexity index is 716. The summed E-state index contributed by atoms with van der Waals surface area (Å²) in [7, 11) is 0. The number of aromatic carboxylic acids is 2. The van der Waals surface area contributed by atoms with Crippen LogP contribution < -0.4 is 0 Å². The van der Waals surface area contributed by atoms with Crippen molar-refractivity contribution >= 4 is 11.9 Å². The van der Waals surface area contributed by atoms with Crippen LogP contribution in [0.2, 0.25) is 0 Å². The topological polar surface area (TPSA) is 74.6 Å². The van der Waals surface area contributed by atoms with Crippen LogP contribution in [-0.2, 0) is 6.42 Å². The summed E-state index contributed by atoms with van der Waals surface area (Å²) in [6.45, 7) is 0. The molecule has 19 heavy (non-hydrogen) atoms. The van der Waals surface area contributed by atoms with Crippen molar-refractivity contribution in [3.63, 3.8) is 0 Å². The largest absolute Gasteiger partial charge is 0.478 e. The number of hydrogen-bond donors (Lipinski definition) is 2. The standard InChI is InChI=1S/C15H10O4/c16-14(17)9-3-4-12-11(6-9)5-8-1-2-10(15(18)19)7-13(8)12/h1-4,6-7H,5H2,(H,16,17)(H,18,19). The molecular formula is C15H10O4. The van der Waals surface area contributed by atoms with Crippen molar-refractivity contribution in [1.29, 1.82) is 0 Å². The van der Waals surface area contributed by atoms with Crippen molar-refractivity contribution in [3.8, 4) is 11.1 Å². The zero-order valence-corrected chi connectivity index (χ0v) is 9.88. The van der Waals surface area contributed by atoms with Crippen molar-refractivity contribution in [2.45, 2.75) is 6.42 Å². The van der Waals surface area contributed by atoms with Gasteiger partial charge in [-0.2, -0.15) is 0 Å². The summed E-state index contributed by atoms with van der Waals surface area (Å²) in [6.07, 6.45) is 0.645. The average Bonchev–Trinajstić information content (AvgIpc) is 2.74. The van der Waals surface area contributed by atoms with Crippen LogP contribution in [0.4, 0.5) is 0 Å². The molecule has 0 fully saturated rings. The fraction of sp³-hybridized carbons (Fsp3) is 0.0667. The minimum absolute atomic E-state index is 0.244. The van der Waals surface area contributed by atoms with Crippen LogP contribution in [0.25, 0.3) is 11.1 Å². The van der Waals surface area contributed by atoms with Gasteiger partial charge in [-0.25, -0.2) is 9.59 Å². The van der Waals surface area contributed by atoms with Crippen molar-refractivity contribution < 1.29 is 19.8 Å². The van der Waals surface area contributed by atoms with E-state index in [0.717, 1.165) is 22.3 Å². The lowest BCUT2D eigenvalue weighted by Crippen LogP contribution is -1.97. The maximum absolute atomic E-state index is 11.0. The molecule has 0 saturated carbocycles. The van der Waals surface area contributed by atoms with Crippen LogP contribution in [-0.4, -0.2) is 22.2 Å². The van der Waals surface area contributed by atoms with Gasteiger partial charge in [-0.3, -0.25) is 0 Å². The normalized spacial score (nSPS) is 11.8. The predicted octanol–water partition coefficient (Wildman–Crippen LogP) is 2.65. The number of rotatable bonds is 2. The molecule has 1 aliphatic carbocycles. The predicted molar refractivity (Wildman–Crippen MR) is 68.6 cm³/mol. The van der Waals surface area contributed by atoms with E-state index < -0.39 is 11.9 Å². The SMILES string of the molecule is O=C(O)c1ccc2c(c1)Cc1ccc(C(=O)O)cc1-2. The van der Waals surface area contributed by atoms with Crippen LogP contribution in [0.15, 0.2) is 36.4 Å². The summed E-state index contributed by atoms with van der Waals surface area (Å²) in [6, 6.07) is 9.95. The Hall–Kier alpha value is -2.62. The van der Waals surface area contributed by atoms with Gasteiger partial charge in [0.1, 0.15) is 0 Å². The van der Waals surface area contributed by atoms with Gasteiger partial charge in [0.2, 0.25) is 0 Å². The molecule has 0 heterocycles. The maximum atomic E-state index is 11.0. The second-order valence-corrected chi connectivity index (χ2v) is 4.53. The lowest BCUT2D eigenvalue weighted by atomic mass is 10.0. The highest BCUT2D eigenvalue weighted by molar-refractivity contribution is 5.93. The Labute approximate surface area is 108 Å². The number of carboxylic acids is 2. The van der Waals surface area contributed by atoms with Crippen molar-refractivity contribution in [1.82, 2.24) is 0 Å². The number of hydrogen-bond acceptors (Lipinski definition) is 2. The maximum Gasteiger partial charge on any atom is 0.335 e. The summed E-state index contributed by atoms with van der Waals surface area (Å²) in [5, 5.41) is 18.0. The van der Waals surface area contributed by atoms with E-state index in [9.17, 15) is 9.59 Å². The van der Waals surface area contributed by atoms with Gasteiger partial charge in [0, 0.05) is 0 Å². The van der Waals surface area contributed by atoms with Gasteiger partial charge < -0.3 is 10.2 Å². The minimum atomic E-state index is -0.960. The van der Waals surface area contributed by atoms with Crippen molar-refractivity contribution in [3.05, 3.63) is 58.7 Å². The molecule has 0 unspecified atom stereocenters. The van der Waals surface area contributed by atoms with E-state index in [4.69, 9.17) is 10.2 Å². The van der Waals surface area contributed by atoms with E-state index in [0.29, 0.717) is 6.42 Å². The first-order chi connectivity index (χ1) is 9.06. The molecule has 4 nitrogen and oxygen atoms in total. The van der Waals surface area contributed by atoms with Gasteiger partial charge in [-0.05, 0) is 52.9 Å². The van der Waals surface area contributed by atoms with Gasteiger partial charge in [0.15, 0.2) is 0 Å². The molecule has 2 N–H and O–H groups in total. The summed E-state index contributed by atoms with van der Waals surface area (Å²) in [4.78, 5) is 21.9. The van der Waals surface area contributed by atoms with Crippen LogP contribution in [0.5, 0.6) is 0 Å². The van der Waals surface area contributed by atoms with E-state index in [1.54, 1.807) is 36.4 Å². The molecule has 2 aromatic carbocycles. The fourth-order valence-corrected chi connectivity index (χ4v) is 2.46. The zero-order chi connectivity index (χ0) is 13.6. The molecule has 1 aliphatic rings. The lowest BCUT2D eigenvalue weighted by molar-refractivity contribution is 0.0686. The van der Waals surface area contributed by atoms with E-state index in [-0.39, 0.29) is 11.1 Å². The number of carboxylic acid groups (broad SMARTS) is 2. The third-order valence-corrected chi connectivity index (χ3v) is 3.38. The van der Waals surface area contributed by atoms with Crippen LogP contribution in [0.1, 0.15) is 31.8 Å². The highest BCUT2D eigenvalue weighted by Crippen LogP contribution is 2.37. The first-order valence-electron chi connectivity index (χ1n) is 5.79. The summed E-state index contributed by atoms with van der Waals surface area (Å²) >= 11 is 0. The van der Waals surface area contributed by atoms with Crippen LogP contribution in [0, 0.1) is 0 Å². The number of fused-ring (bicyclic) bond motifs is 3. The Morgan fingerprint density at radius 3 is 2.11 bits per heavy atom. The number of carbonyl (C=O) groups is 2. The van der Waals surface area contributed by atoms with E-state index in [1.807, 2.05) is 0 Å². The van der Waals surface area contributed by atoms with Crippen molar-refractivity contribution in [2.75, 3.05) is 0 Å². The molecule has 0 bridgehead atoms. The molecule has 3 rings (SSSR count). The van der Waals surface area contributed by atoms with E-state index in [1.165, 1.54) is 0 Å². The molecule has 0 spiro atoms. The quantitative estimate of drug-likeness (QED) is 0.737. The smallest absolute Gasteiger partial charge is 0.335 e. The van der Waals surface area contributed by atoms with Gasteiger partial charge in [-0.15, -0.1) is 0 Å². The van der Waals surface area contributed by atoms with Gasteiger partial charge in [-0.1, -0.05) is 12.1 Å². The van der Waals surface area contributed by atoms with Crippen LogP contribution >= 0.6 is 0 Å². The van der Waals surface area contributed by atoms with E-state index in [2.05, 4.69) is 0 Å². The summed E-state index contributed by atoms with van der Waals surface area (Å²) in [5.41, 5.74) is 4.26. The molecule has 0 saturated heterocycles. The fourth-order valence-electron chi connectivity index (χ4n) is 2.46. The molecule has 4 heteroatoms. The highest BCUT2D eigenvalue weighted by atomic mass is 16.4. The Balaban J connectivity index is 2.14. The van der Waals surface area contributed by atoms with Gasteiger partial charge >= 0.3 is 11.9 Å². The third-order valence-electron chi connectivity index (χ3n) is 3.38. The summed E-state index contributed by atoms with van der Waals surface area (Å²) < 4.78 is 0. The number of benzene rings is 2. The summed E-state index contributed by atoms with van der Waals surface area (Å²) in [5.74, 6) is -1.91.